The Balaban J connectivity index is 1.96. The van der Waals surface area contributed by atoms with E-state index in [0.717, 1.165) is 39.4 Å². The zero-order chi connectivity index (χ0) is 19.0. The SMILES string of the molecule is CCN(c1cccc(C)c1)c1nc(Cl)nc2scc(-c3ccc(F)cc3)c12. The molecule has 0 amide bonds. The first-order valence-corrected chi connectivity index (χ1v) is 9.87. The van der Waals surface area contributed by atoms with Crippen LogP contribution in [0.2, 0.25) is 5.28 Å². The summed E-state index contributed by atoms with van der Waals surface area (Å²) in [6, 6.07) is 14.8. The Bertz CT molecular complexity index is 1110. The summed E-state index contributed by atoms with van der Waals surface area (Å²) in [7, 11) is 0. The summed E-state index contributed by atoms with van der Waals surface area (Å²) in [6.45, 7) is 4.87. The third kappa shape index (κ3) is 3.40. The number of rotatable bonds is 4. The van der Waals surface area contributed by atoms with Crippen LogP contribution in [0.15, 0.2) is 53.9 Å². The van der Waals surface area contributed by atoms with Crippen LogP contribution in [0.3, 0.4) is 0 Å². The van der Waals surface area contributed by atoms with Crippen LogP contribution in [0, 0.1) is 12.7 Å². The number of fused-ring (bicyclic) bond motifs is 1. The monoisotopic (exact) mass is 397 g/mol. The van der Waals surface area contributed by atoms with Gasteiger partial charge in [-0.1, -0.05) is 24.3 Å². The van der Waals surface area contributed by atoms with Gasteiger partial charge in [0.15, 0.2) is 0 Å². The van der Waals surface area contributed by atoms with E-state index in [9.17, 15) is 4.39 Å². The van der Waals surface area contributed by atoms with Crippen molar-refractivity contribution in [3.8, 4) is 11.1 Å². The fourth-order valence-electron chi connectivity index (χ4n) is 3.19. The average molecular weight is 398 g/mol. The minimum atomic E-state index is -0.257. The second-order valence-electron chi connectivity index (χ2n) is 6.24. The molecule has 27 heavy (non-hydrogen) atoms. The number of aryl methyl sites for hydroxylation is 1. The van der Waals surface area contributed by atoms with E-state index in [0.29, 0.717) is 0 Å². The van der Waals surface area contributed by atoms with Gasteiger partial charge in [-0.3, -0.25) is 0 Å². The third-order valence-corrected chi connectivity index (χ3v) is 5.47. The highest BCUT2D eigenvalue weighted by atomic mass is 35.5. The van der Waals surface area contributed by atoms with Gasteiger partial charge in [-0.15, -0.1) is 11.3 Å². The van der Waals surface area contributed by atoms with E-state index < -0.39 is 0 Å². The molecular weight excluding hydrogens is 381 g/mol. The van der Waals surface area contributed by atoms with Crippen LogP contribution in [-0.4, -0.2) is 16.5 Å². The number of nitrogens with zero attached hydrogens (tertiary/aromatic N) is 3. The maximum absolute atomic E-state index is 13.4. The normalized spacial score (nSPS) is 11.1. The van der Waals surface area contributed by atoms with Gasteiger partial charge in [0.2, 0.25) is 5.28 Å². The number of thiophene rings is 1. The number of hydrogen-bond donors (Lipinski definition) is 0. The number of anilines is 2. The van der Waals surface area contributed by atoms with Crippen LogP contribution in [-0.2, 0) is 0 Å². The van der Waals surface area contributed by atoms with Gasteiger partial charge >= 0.3 is 0 Å². The minimum Gasteiger partial charge on any atom is -0.326 e. The van der Waals surface area contributed by atoms with E-state index in [1.807, 2.05) is 11.4 Å². The van der Waals surface area contributed by atoms with Gasteiger partial charge in [0.25, 0.3) is 0 Å². The molecule has 6 heteroatoms. The molecule has 136 valence electrons. The molecule has 0 radical (unpaired) electrons. The van der Waals surface area contributed by atoms with E-state index in [2.05, 4.69) is 46.9 Å². The molecule has 2 aromatic heterocycles. The standard InChI is InChI=1S/C21H17ClFN3S/c1-3-26(16-6-4-5-13(2)11-16)19-18-17(14-7-9-15(23)10-8-14)12-27-20(18)25-21(22)24-19/h4-12H,3H2,1-2H3. The molecule has 0 N–H and O–H groups in total. The van der Waals surface area contributed by atoms with Crippen molar-refractivity contribution in [1.82, 2.24) is 9.97 Å². The van der Waals surface area contributed by atoms with Gasteiger partial charge in [0, 0.05) is 23.2 Å². The Morgan fingerprint density at radius 1 is 1.11 bits per heavy atom. The molecule has 0 unspecified atom stereocenters. The van der Waals surface area contributed by atoms with Gasteiger partial charge in [0.05, 0.1) is 5.39 Å². The quantitative estimate of drug-likeness (QED) is 0.362. The third-order valence-electron chi connectivity index (χ3n) is 4.43. The first-order chi connectivity index (χ1) is 13.1. The molecule has 0 bridgehead atoms. The predicted octanol–water partition coefficient (Wildman–Crippen LogP) is 6.62. The lowest BCUT2D eigenvalue weighted by Crippen LogP contribution is -2.18. The highest BCUT2D eigenvalue weighted by Crippen LogP contribution is 2.40. The minimum absolute atomic E-state index is 0.219. The van der Waals surface area contributed by atoms with E-state index >= 15 is 0 Å². The average Bonchev–Trinajstić information content (AvgIpc) is 3.07. The first-order valence-electron chi connectivity index (χ1n) is 8.61. The van der Waals surface area contributed by atoms with Crippen molar-refractivity contribution >= 4 is 44.7 Å². The Kier molecular flexibility index (Phi) is 4.81. The van der Waals surface area contributed by atoms with E-state index in [1.54, 1.807) is 12.1 Å². The summed E-state index contributed by atoms with van der Waals surface area (Å²) < 4.78 is 13.4. The first kappa shape index (κ1) is 17.9. The highest BCUT2D eigenvalue weighted by molar-refractivity contribution is 7.17. The van der Waals surface area contributed by atoms with Crippen LogP contribution in [0.4, 0.5) is 15.9 Å². The molecule has 0 spiro atoms. The maximum Gasteiger partial charge on any atom is 0.225 e. The van der Waals surface area contributed by atoms with Crippen molar-refractivity contribution in [1.29, 1.82) is 0 Å². The molecule has 3 nitrogen and oxygen atoms in total. The molecule has 2 heterocycles. The van der Waals surface area contributed by atoms with E-state index in [4.69, 9.17) is 11.6 Å². The van der Waals surface area contributed by atoms with Crippen LogP contribution in [0.25, 0.3) is 21.3 Å². The van der Waals surface area contributed by atoms with Crippen molar-refractivity contribution in [3.63, 3.8) is 0 Å². The summed E-state index contributed by atoms with van der Waals surface area (Å²) >= 11 is 7.74. The van der Waals surface area contributed by atoms with Crippen LogP contribution >= 0.6 is 22.9 Å². The number of halogens is 2. The van der Waals surface area contributed by atoms with Crippen molar-refractivity contribution in [2.24, 2.45) is 0 Å². The summed E-state index contributed by atoms with van der Waals surface area (Å²) in [5.41, 5.74) is 4.12. The molecule has 4 aromatic rings. The molecule has 4 rings (SSSR count). The maximum atomic E-state index is 13.4. The predicted molar refractivity (Wildman–Crippen MR) is 112 cm³/mol. The lowest BCUT2D eigenvalue weighted by molar-refractivity contribution is 0.628. The fraction of sp³-hybridized carbons (Fsp3) is 0.143. The Hall–Kier alpha value is -2.50. The summed E-state index contributed by atoms with van der Waals surface area (Å²) in [6.07, 6.45) is 0. The fourth-order valence-corrected chi connectivity index (χ4v) is 4.34. The summed E-state index contributed by atoms with van der Waals surface area (Å²) in [4.78, 5) is 11.9. The smallest absolute Gasteiger partial charge is 0.225 e. The largest absolute Gasteiger partial charge is 0.326 e. The lowest BCUT2D eigenvalue weighted by atomic mass is 10.1. The Labute approximate surface area is 166 Å². The summed E-state index contributed by atoms with van der Waals surface area (Å²) in [5.74, 6) is 0.506. The number of hydrogen-bond acceptors (Lipinski definition) is 4. The Morgan fingerprint density at radius 2 is 1.89 bits per heavy atom. The second-order valence-corrected chi connectivity index (χ2v) is 7.43. The van der Waals surface area contributed by atoms with Crippen LogP contribution in [0.5, 0.6) is 0 Å². The topological polar surface area (TPSA) is 29.0 Å². The Morgan fingerprint density at radius 3 is 2.59 bits per heavy atom. The van der Waals surface area contributed by atoms with Crippen molar-refractivity contribution < 1.29 is 4.39 Å². The van der Waals surface area contributed by atoms with Gasteiger partial charge in [-0.05, 0) is 60.8 Å². The van der Waals surface area contributed by atoms with E-state index in [1.165, 1.54) is 29.0 Å². The molecule has 0 aliphatic rings. The molecule has 2 aromatic carbocycles. The van der Waals surface area contributed by atoms with Gasteiger partial charge in [-0.25, -0.2) is 9.37 Å². The van der Waals surface area contributed by atoms with Gasteiger partial charge < -0.3 is 4.90 Å². The number of benzene rings is 2. The molecule has 0 atom stereocenters. The van der Waals surface area contributed by atoms with Crippen LogP contribution in [0.1, 0.15) is 12.5 Å². The summed E-state index contributed by atoms with van der Waals surface area (Å²) in [5, 5.41) is 3.17. The molecule has 0 aliphatic heterocycles. The van der Waals surface area contributed by atoms with E-state index in [-0.39, 0.29) is 11.1 Å². The van der Waals surface area contributed by atoms with Crippen molar-refractivity contribution in [3.05, 3.63) is 70.6 Å². The zero-order valence-electron chi connectivity index (χ0n) is 14.9. The molecule has 0 saturated heterocycles. The number of aromatic nitrogens is 2. The zero-order valence-corrected chi connectivity index (χ0v) is 16.5. The van der Waals surface area contributed by atoms with Gasteiger partial charge in [-0.2, -0.15) is 4.98 Å². The lowest BCUT2D eigenvalue weighted by Gasteiger charge is -2.24. The second kappa shape index (κ2) is 7.25. The molecule has 0 fully saturated rings. The van der Waals surface area contributed by atoms with Crippen LogP contribution < -0.4 is 4.90 Å². The van der Waals surface area contributed by atoms with Crippen molar-refractivity contribution in [2.75, 3.05) is 11.4 Å². The molecule has 0 saturated carbocycles. The highest BCUT2D eigenvalue weighted by Gasteiger charge is 2.20. The molecule has 0 aliphatic carbocycles. The molecular formula is C21H17ClFN3S. The van der Waals surface area contributed by atoms with Gasteiger partial charge in [0.1, 0.15) is 16.5 Å². The van der Waals surface area contributed by atoms with Crippen molar-refractivity contribution in [2.45, 2.75) is 13.8 Å².